The van der Waals surface area contributed by atoms with E-state index in [0.29, 0.717) is 12.2 Å². The molecule has 5 heteroatoms. The van der Waals surface area contributed by atoms with Gasteiger partial charge in [0.25, 0.3) is 5.91 Å². The largest absolute Gasteiger partial charge is 0.384 e. The molecule has 1 rings (SSSR count). The van der Waals surface area contributed by atoms with Gasteiger partial charge in [0.05, 0.1) is 11.9 Å². The Balaban J connectivity index is 2.38. The Morgan fingerprint density at radius 2 is 2.05 bits per heavy atom. The van der Waals surface area contributed by atoms with Crippen LogP contribution >= 0.6 is 0 Å². The number of hydrogen-bond donors (Lipinski definition) is 2. The van der Waals surface area contributed by atoms with E-state index in [4.69, 9.17) is 0 Å². The summed E-state index contributed by atoms with van der Waals surface area (Å²) in [5.74, 6) is -0.111. The SMILES string of the molecule is CCCN(CC)CCNC(=O)c1ccc(NCC)cn1. The van der Waals surface area contributed by atoms with Crippen LogP contribution in [0.3, 0.4) is 0 Å². The third kappa shape index (κ3) is 5.57. The molecule has 0 aliphatic heterocycles. The summed E-state index contributed by atoms with van der Waals surface area (Å²) in [6, 6.07) is 3.62. The second-order valence-electron chi connectivity index (χ2n) is 4.65. The van der Waals surface area contributed by atoms with Gasteiger partial charge in [-0.3, -0.25) is 4.79 Å². The number of carbonyl (C=O) groups excluding carboxylic acids is 1. The van der Waals surface area contributed by atoms with Crippen molar-refractivity contribution in [1.29, 1.82) is 0 Å². The highest BCUT2D eigenvalue weighted by molar-refractivity contribution is 5.92. The Labute approximate surface area is 121 Å². The lowest BCUT2D eigenvalue weighted by molar-refractivity contribution is 0.0943. The third-order valence-electron chi connectivity index (χ3n) is 3.08. The second-order valence-corrected chi connectivity index (χ2v) is 4.65. The molecule has 112 valence electrons. The Kier molecular flexibility index (Phi) is 7.65. The van der Waals surface area contributed by atoms with Crippen molar-refractivity contribution >= 4 is 11.6 Å². The molecule has 1 heterocycles. The van der Waals surface area contributed by atoms with Crippen molar-refractivity contribution < 1.29 is 4.79 Å². The molecule has 0 aliphatic carbocycles. The van der Waals surface area contributed by atoms with Crippen LogP contribution in [-0.4, -0.2) is 48.5 Å². The number of nitrogens with one attached hydrogen (secondary N) is 2. The number of aromatic nitrogens is 1. The van der Waals surface area contributed by atoms with Crippen molar-refractivity contribution in [2.24, 2.45) is 0 Å². The van der Waals surface area contributed by atoms with Gasteiger partial charge in [0.2, 0.25) is 0 Å². The number of pyridine rings is 1. The first kappa shape index (κ1) is 16.4. The molecular weight excluding hydrogens is 252 g/mol. The summed E-state index contributed by atoms with van der Waals surface area (Å²) in [5, 5.41) is 6.06. The normalized spacial score (nSPS) is 10.6. The maximum atomic E-state index is 11.9. The first-order chi connectivity index (χ1) is 9.71. The van der Waals surface area contributed by atoms with Gasteiger partial charge in [-0.1, -0.05) is 13.8 Å². The van der Waals surface area contributed by atoms with E-state index < -0.39 is 0 Å². The molecule has 1 aromatic rings. The summed E-state index contributed by atoms with van der Waals surface area (Å²) in [7, 11) is 0. The number of amides is 1. The molecule has 0 spiro atoms. The van der Waals surface area contributed by atoms with E-state index in [9.17, 15) is 4.79 Å². The predicted molar refractivity (Wildman–Crippen MR) is 83.1 cm³/mol. The molecule has 0 aliphatic rings. The summed E-state index contributed by atoms with van der Waals surface area (Å²) in [4.78, 5) is 18.4. The first-order valence-electron chi connectivity index (χ1n) is 7.41. The first-order valence-corrected chi connectivity index (χ1v) is 7.41. The van der Waals surface area contributed by atoms with Crippen LogP contribution in [0, 0.1) is 0 Å². The molecule has 0 saturated heterocycles. The Morgan fingerprint density at radius 3 is 2.60 bits per heavy atom. The molecule has 5 nitrogen and oxygen atoms in total. The monoisotopic (exact) mass is 278 g/mol. The number of rotatable bonds is 9. The van der Waals surface area contributed by atoms with Gasteiger partial charge in [0.15, 0.2) is 0 Å². The van der Waals surface area contributed by atoms with Crippen LogP contribution in [0.2, 0.25) is 0 Å². The predicted octanol–water partition coefficient (Wildman–Crippen LogP) is 1.98. The molecule has 0 bridgehead atoms. The zero-order valence-electron chi connectivity index (χ0n) is 12.8. The molecule has 0 atom stereocenters. The van der Waals surface area contributed by atoms with Crippen LogP contribution in [0.25, 0.3) is 0 Å². The third-order valence-corrected chi connectivity index (χ3v) is 3.08. The van der Waals surface area contributed by atoms with Gasteiger partial charge in [-0.2, -0.15) is 0 Å². The quantitative estimate of drug-likeness (QED) is 0.725. The highest BCUT2D eigenvalue weighted by Gasteiger charge is 2.07. The minimum Gasteiger partial charge on any atom is -0.384 e. The minimum atomic E-state index is -0.111. The maximum Gasteiger partial charge on any atom is 0.269 e. The molecule has 1 amide bonds. The van der Waals surface area contributed by atoms with Crippen molar-refractivity contribution in [2.45, 2.75) is 27.2 Å². The second kappa shape index (κ2) is 9.31. The number of nitrogens with zero attached hydrogens (tertiary/aromatic N) is 2. The molecule has 2 N–H and O–H groups in total. The van der Waals surface area contributed by atoms with Crippen LogP contribution < -0.4 is 10.6 Å². The lowest BCUT2D eigenvalue weighted by atomic mass is 10.3. The van der Waals surface area contributed by atoms with Crippen LogP contribution in [0.4, 0.5) is 5.69 Å². The molecular formula is C15H26N4O. The van der Waals surface area contributed by atoms with Gasteiger partial charge < -0.3 is 15.5 Å². The van der Waals surface area contributed by atoms with Gasteiger partial charge in [-0.15, -0.1) is 0 Å². The molecule has 20 heavy (non-hydrogen) atoms. The summed E-state index contributed by atoms with van der Waals surface area (Å²) in [6.07, 6.45) is 2.82. The zero-order valence-corrected chi connectivity index (χ0v) is 12.8. The van der Waals surface area contributed by atoms with Crippen molar-refractivity contribution in [3.05, 3.63) is 24.0 Å². The fourth-order valence-corrected chi connectivity index (χ4v) is 2.00. The fourth-order valence-electron chi connectivity index (χ4n) is 2.00. The molecule has 0 fully saturated rings. The van der Waals surface area contributed by atoms with Gasteiger partial charge in [-0.25, -0.2) is 4.98 Å². The van der Waals surface area contributed by atoms with Crippen molar-refractivity contribution in [1.82, 2.24) is 15.2 Å². The average molecular weight is 278 g/mol. The molecule has 1 aromatic heterocycles. The standard InChI is InChI=1S/C15H26N4O/c1-4-10-19(6-3)11-9-17-15(20)14-8-7-13(12-18-14)16-5-2/h7-8,12,16H,4-6,9-11H2,1-3H3,(H,17,20). The summed E-state index contributed by atoms with van der Waals surface area (Å²) in [5.41, 5.74) is 1.40. The highest BCUT2D eigenvalue weighted by Crippen LogP contribution is 2.05. The van der Waals surface area contributed by atoms with Crippen molar-refractivity contribution in [3.8, 4) is 0 Å². The van der Waals surface area contributed by atoms with Crippen molar-refractivity contribution in [3.63, 3.8) is 0 Å². The van der Waals surface area contributed by atoms with Gasteiger partial charge in [-0.05, 0) is 38.6 Å². The van der Waals surface area contributed by atoms with Crippen LogP contribution in [-0.2, 0) is 0 Å². The summed E-state index contributed by atoms with van der Waals surface area (Å²) < 4.78 is 0. The molecule has 0 aromatic carbocycles. The Bertz CT molecular complexity index is 391. The Hall–Kier alpha value is -1.62. The van der Waals surface area contributed by atoms with Gasteiger partial charge in [0, 0.05) is 19.6 Å². The van der Waals surface area contributed by atoms with Crippen LogP contribution in [0.15, 0.2) is 18.3 Å². The van der Waals surface area contributed by atoms with Gasteiger partial charge in [0.1, 0.15) is 5.69 Å². The number of hydrogen-bond acceptors (Lipinski definition) is 4. The van der Waals surface area contributed by atoms with E-state index in [1.807, 2.05) is 13.0 Å². The summed E-state index contributed by atoms with van der Waals surface area (Å²) >= 11 is 0. The fraction of sp³-hybridized carbons (Fsp3) is 0.600. The smallest absolute Gasteiger partial charge is 0.269 e. The van der Waals surface area contributed by atoms with E-state index in [0.717, 1.165) is 38.3 Å². The Morgan fingerprint density at radius 1 is 1.25 bits per heavy atom. The number of likely N-dealkylation sites (N-methyl/N-ethyl adjacent to an activating group) is 1. The molecule has 0 unspecified atom stereocenters. The van der Waals surface area contributed by atoms with Crippen LogP contribution in [0.5, 0.6) is 0 Å². The topological polar surface area (TPSA) is 57.3 Å². The lowest BCUT2D eigenvalue weighted by Gasteiger charge is -2.19. The number of carbonyl (C=O) groups is 1. The van der Waals surface area contributed by atoms with E-state index in [1.54, 1.807) is 12.3 Å². The average Bonchev–Trinajstić information content (AvgIpc) is 2.47. The highest BCUT2D eigenvalue weighted by atomic mass is 16.1. The lowest BCUT2D eigenvalue weighted by Crippen LogP contribution is -2.35. The van der Waals surface area contributed by atoms with E-state index in [1.165, 1.54) is 0 Å². The van der Waals surface area contributed by atoms with Crippen LogP contribution in [0.1, 0.15) is 37.7 Å². The maximum absolute atomic E-state index is 11.9. The summed E-state index contributed by atoms with van der Waals surface area (Å²) in [6.45, 7) is 10.8. The minimum absolute atomic E-state index is 0.111. The van der Waals surface area contributed by atoms with E-state index in [-0.39, 0.29) is 5.91 Å². The van der Waals surface area contributed by atoms with E-state index >= 15 is 0 Å². The zero-order chi connectivity index (χ0) is 14.8. The van der Waals surface area contributed by atoms with Gasteiger partial charge >= 0.3 is 0 Å². The van der Waals surface area contributed by atoms with E-state index in [2.05, 4.69) is 34.4 Å². The molecule has 0 radical (unpaired) electrons. The number of anilines is 1. The molecule has 0 saturated carbocycles. The van der Waals surface area contributed by atoms with Crippen molar-refractivity contribution in [2.75, 3.05) is 38.0 Å².